The molecule has 0 spiro atoms. The zero-order chi connectivity index (χ0) is 21.7. The highest BCUT2D eigenvalue weighted by atomic mass is 32.1. The first-order valence-electron chi connectivity index (χ1n) is 9.40. The van der Waals surface area contributed by atoms with Gasteiger partial charge in [0.1, 0.15) is 22.1 Å². The van der Waals surface area contributed by atoms with Crippen LogP contribution in [0.1, 0.15) is 12.5 Å². The van der Waals surface area contributed by atoms with Crippen molar-refractivity contribution in [1.29, 1.82) is 0 Å². The maximum absolute atomic E-state index is 12.3. The molecule has 1 aliphatic rings. The number of aryl methyl sites for hydroxylation is 1. The van der Waals surface area contributed by atoms with E-state index in [2.05, 4.69) is 10.6 Å². The molecular weight excluding hydrogens is 432 g/mol. The number of aromatic nitrogens is 2. The fraction of sp³-hybridized carbons (Fsp3) is 0.0909. The lowest BCUT2D eigenvalue weighted by atomic mass is 10.1. The largest absolute Gasteiger partial charge is 0.508 e. The summed E-state index contributed by atoms with van der Waals surface area (Å²) in [5.74, 6) is 0.337. The second-order valence-electron chi connectivity index (χ2n) is 7.06. The summed E-state index contributed by atoms with van der Waals surface area (Å²) in [6, 6.07) is 10.9. The van der Waals surface area contributed by atoms with Crippen LogP contribution < -0.4 is 10.6 Å². The summed E-state index contributed by atoms with van der Waals surface area (Å²) in [6.45, 7) is 3.57. The molecule has 1 aliphatic heterocycles. The van der Waals surface area contributed by atoms with Gasteiger partial charge in [-0.15, -0.1) is 22.7 Å². The van der Waals surface area contributed by atoms with E-state index in [4.69, 9.17) is 9.97 Å². The summed E-state index contributed by atoms with van der Waals surface area (Å²) in [4.78, 5) is 36.3. The van der Waals surface area contributed by atoms with E-state index in [-0.39, 0.29) is 11.4 Å². The van der Waals surface area contributed by atoms with Crippen molar-refractivity contribution < 1.29 is 14.7 Å². The van der Waals surface area contributed by atoms with E-state index in [1.165, 1.54) is 22.7 Å². The number of thiophene rings is 2. The first-order chi connectivity index (χ1) is 14.9. The topological polar surface area (TPSA) is 104 Å². The Morgan fingerprint density at radius 1 is 1.03 bits per heavy atom. The summed E-state index contributed by atoms with van der Waals surface area (Å²) in [6.07, 6.45) is 0. The Labute approximate surface area is 185 Å². The van der Waals surface area contributed by atoms with Crippen LogP contribution in [0.3, 0.4) is 0 Å². The molecule has 7 nitrogen and oxygen atoms in total. The van der Waals surface area contributed by atoms with E-state index in [1.54, 1.807) is 19.1 Å². The van der Waals surface area contributed by atoms with Gasteiger partial charge in [-0.25, -0.2) is 9.97 Å². The van der Waals surface area contributed by atoms with Crippen LogP contribution in [0.5, 0.6) is 5.75 Å². The van der Waals surface area contributed by atoms with Gasteiger partial charge in [0.15, 0.2) is 5.82 Å². The number of hydrogen-bond acceptors (Lipinski definition) is 8. The van der Waals surface area contributed by atoms with Crippen LogP contribution in [0.2, 0.25) is 0 Å². The smallest absolute Gasteiger partial charge is 0.275 e. The van der Waals surface area contributed by atoms with E-state index in [0.29, 0.717) is 17.2 Å². The molecule has 3 aromatic heterocycles. The number of fused-ring (bicyclic) bond motifs is 1. The number of amides is 2. The lowest BCUT2D eigenvalue weighted by molar-refractivity contribution is -0.124. The molecule has 0 aliphatic carbocycles. The van der Waals surface area contributed by atoms with E-state index in [1.807, 2.05) is 36.6 Å². The molecule has 0 bridgehead atoms. The highest BCUT2D eigenvalue weighted by Gasteiger charge is 2.29. The minimum Gasteiger partial charge on any atom is -0.508 e. The molecule has 0 saturated heterocycles. The highest BCUT2D eigenvalue weighted by Crippen LogP contribution is 2.42. The Morgan fingerprint density at radius 2 is 1.81 bits per heavy atom. The number of nitrogens with zero attached hydrogens (tertiary/aromatic N) is 2. The number of rotatable bonds is 4. The number of carbonyl (C=O) groups excluding carboxylic acids is 2. The minimum absolute atomic E-state index is 0.193. The number of benzene rings is 1. The first kappa shape index (κ1) is 19.4. The standard InChI is InChI=1S/C22H16N4O3S2/c1-10-15-19(23-16-11(2)20(28)26-21(16)29)24-18(14-4-3-9-30-14)25-22(15)31-17(10)12-5-7-13(27)8-6-12/h3-9,27H,1-2H3,(H2,23,24,25,26,28,29). The van der Waals surface area contributed by atoms with Crippen LogP contribution in [0.4, 0.5) is 5.82 Å². The molecule has 1 aromatic carbocycles. The number of phenolic OH excluding ortho intramolecular Hbond substituents is 1. The van der Waals surface area contributed by atoms with Gasteiger partial charge in [-0.1, -0.05) is 6.07 Å². The number of phenols is 1. The quantitative estimate of drug-likeness (QED) is 0.399. The Morgan fingerprint density at radius 3 is 2.45 bits per heavy atom. The Hall–Kier alpha value is -3.56. The van der Waals surface area contributed by atoms with Gasteiger partial charge in [0.25, 0.3) is 11.8 Å². The molecule has 0 saturated carbocycles. The second kappa shape index (κ2) is 7.29. The monoisotopic (exact) mass is 448 g/mol. The van der Waals surface area contributed by atoms with Crippen molar-refractivity contribution in [1.82, 2.24) is 15.3 Å². The fourth-order valence-electron chi connectivity index (χ4n) is 3.45. The Bertz CT molecular complexity index is 1390. The molecular formula is C22H16N4O3S2. The van der Waals surface area contributed by atoms with Crippen molar-refractivity contribution >= 4 is 50.5 Å². The van der Waals surface area contributed by atoms with Gasteiger partial charge in [0, 0.05) is 10.5 Å². The van der Waals surface area contributed by atoms with Crippen LogP contribution >= 0.6 is 22.7 Å². The predicted octanol–water partition coefficient (Wildman–Crippen LogP) is 4.44. The maximum Gasteiger partial charge on any atom is 0.275 e. The average Bonchev–Trinajstić information content (AvgIpc) is 3.45. The number of anilines is 1. The lowest BCUT2D eigenvalue weighted by Gasteiger charge is -2.09. The van der Waals surface area contributed by atoms with Crippen LogP contribution in [-0.4, -0.2) is 26.9 Å². The summed E-state index contributed by atoms with van der Waals surface area (Å²) in [5.41, 5.74) is 2.42. The third-order valence-corrected chi connectivity index (χ3v) is 7.17. The van der Waals surface area contributed by atoms with Gasteiger partial charge in [-0.2, -0.15) is 0 Å². The normalized spacial score (nSPS) is 13.9. The molecule has 9 heteroatoms. The van der Waals surface area contributed by atoms with Gasteiger partial charge in [0.05, 0.1) is 10.3 Å². The zero-order valence-electron chi connectivity index (χ0n) is 16.5. The highest BCUT2D eigenvalue weighted by molar-refractivity contribution is 7.22. The van der Waals surface area contributed by atoms with E-state index < -0.39 is 11.8 Å². The number of aromatic hydroxyl groups is 1. The SMILES string of the molecule is CC1=C(Nc2nc(-c3cccs3)nc3sc(-c4ccc(O)cc4)c(C)c23)C(=O)NC1=O. The zero-order valence-corrected chi connectivity index (χ0v) is 18.1. The van der Waals surface area contributed by atoms with Crippen molar-refractivity contribution in [3.05, 3.63) is 58.6 Å². The van der Waals surface area contributed by atoms with E-state index >= 15 is 0 Å². The molecule has 0 unspecified atom stereocenters. The Balaban J connectivity index is 1.73. The molecule has 2 amide bonds. The molecule has 31 heavy (non-hydrogen) atoms. The van der Waals surface area contributed by atoms with Gasteiger partial charge >= 0.3 is 0 Å². The molecule has 3 N–H and O–H groups in total. The third-order valence-electron chi connectivity index (χ3n) is 5.07. The van der Waals surface area contributed by atoms with Crippen molar-refractivity contribution in [2.45, 2.75) is 13.8 Å². The van der Waals surface area contributed by atoms with Crippen molar-refractivity contribution in [3.63, 3.8) is 0 Å². The van der Waals surface area contributed by atoms with Crippen LogP contribution in [0.25, 0.3) is 31.4 Å². The van der Waals surface area contributed by atoms with Gasteiger partial charge in [-0.3, -0.25) is 14.9 Å². The number of hydrogen-bond donors (Lipinski definition) is 3. The molecule has 0 atom stereocenters. The third kappa shape index (κ3) is 3.28. The summed E-state index contributed by atoms with van der Waals surface area (Å²) < 4.78 is 0. The van der Waals surface area contributed by atoms with E-state index in [0.717, 1.165) is 31.1 Å². The molecule has 4 heterocycles. The minimum atomic E-state index is -0.474. The summed E-state index contributed by atoms with van der Waals surface area (Å²) >= 11 is 3.04. The van der Waals surface area contributed by atoms with Crippen molar-refractivity contribution in [2.24, 2.45) is 0 Å². The summed E-state index contributed by atoms with van der Waals surface area (Å²) in [5, 5.41) is 17.8. The van der Waals surface area contributed by atoms with Crippen LogP contribution in [0.15, 0.2) is 53.0 Å². The average molecular weight is 449 g/mol. The van der Waals surface area contributed by atoms with Gasteiger partial charge in [-0.05, 0) is 60.7 Å². The van der Waals surface area contributed by atoms with E-state index in [9.17, 15) is 14.7 Å². The number of carbonyl (C=O) groups is 2. The van der Waals surface area contributed by atoms with Crippen molar-refractivity contribution in [3.8, 4) is 26.9 Å². The van der Waals surface area contributed by atoms with Gasteiger partial charge < -0.3 is 10.4 Å². The second-order valence-corrected chi connectivity index (χ2v) is 9.01. The van der Waals surface area contributed by atoms with Crippen LogP contribution in [-0.2, 0) is 9.59 Å². The lowest BCUT2D eigenvalue weighted by Crippen LogP contribution is -2.24. The fourth-order valence-corrected chi connectivity index (χ4v) is 5.29. The number of nitrogens with one attached hydrogen (secondary N) is 2. The molecule has 5 rings (SSSR count). The van der Waals surface area contributed by atoms with Crippen LogP contribution in [0, 0.1) is 6.92 Å². The first-order valence-corrected chi connectivity index (χ1v) is 11.1. The predicted molar refractivity (Wildman–Crippen MR) is 122 cm³/mol. The Kier molecular flexibility index (Phi) is 4.57. The summed E-state index contributed by atoms with van der Waals surface area (Å²) in [7, 11) is 0. The molecule has 0 radical (unpaired) electrons. The van der Waals surface area contributed by atoms with Crippen molar-refractivity contribution in [2.75, 3.05) is 5.32 Å². The maximum atomic E-state index is 12.3. The molecule has 4 aromatic rings. The van der Waals surface area contributed by atoms with Gasteiger partial charge in [0.2, 0.25) is 0 Å². The molecule has 154 valence electrons. The number of imide groups is 1. The molecule has 0 fully saturated rings.